The van der Waals surface area contributed by atoms with Gasteiger partial charge in [0.1, 0.15) is 0 Å². The Morgan fingerprint density at radius 2 is 1.68 bits per heavy atom. The molecule has 5 rings (SSSR count). The fraction of sp³-hybridized carbons (Fsp3) is 0. The minimum atomic E-state index is 0.711. The van der Waals surface area contributed by atoms with Crippen LogP contribution < -0.4 is 0 Å². The Balaban J connectivity index is 2.04. The molecule has 0 aliphatic carbocycles. The van der Waals surface area contributed by atoms with E-state index >= 15 is 0 Å². The molecule has 5 aromatic rings. The standard InChI is InChI=1S/C18H11N3S/c1-2-5-15-13(4-1)14-11-17-12(6-9-22-17)10-16(14)21(15)18-19-7-3-8-20-18/h1-11H. The van der Waals surface area contributed by atoms with Gasteiger partial charge in [-0.2, -0.15) is 0 Å². The zero-order valence-corrected chi connectivity index (χ0v) is 12.4. The van der Waals surface area contributed by atoms with Crippen molar-refractivity contribution < 1.29 is 0 Å². The second kappa shape index (κ2) is 4.39. The number of benzene rings is 2. The number of hydrogen-bond donors (Lipinski definition) is 0. The molecular weight excluding hydrogens is 290 g/mol. The molecule has 0 amide bonds. The van der Waals surface area contributed by atoms with E-state index in [0.717, 1.165) is 11.0 Å². The van der Waals surface area contributed by atoms with Crippen LogP contribution in [0.5, 0.6) is 0 Å². The highest BCUT2D eigenvalue weighted by molar-refractivity contribution is 7.17. The Kier molecular flexibility index (Phi) is 2.37. The maximum Gasteiger partial charge on any atom is 0.234 e. The maximum absolute atomic E-state index is 4.44. The molecule has 0 spiro atoms. The van der Waals surface area contributed by atoms with E-state index in [0.29, 0.717) is 5.95 Å². The van der Waals surface area contributed by atoms with Gasteiger partial charge < -0.3 is 0 Å². The van der Waals surface area contributed by atoms with Crippen molar-refractivity contribution in [3.63, 3.8) is 0 Å². The second-order valence-corrected chi connectivity index (χ2v) is 6.18. The van der Waals surface area contributed by atoms with Crippen molar-refractivity contribution in [3.8, 4) is 5.95 Å². The average molecular weight is 301 g/mol. The highest BCUT2D eigenvalue weighted by Gasteiger charge is 2.14. The minimum absolute atomic E-state index is 0.711. The molecule has 3 heterocycles. The number of fused-ring (bicyclic) bond motifs is 4. The number of nitrogens with zero attached hydrogens (tertiary/aromatic N) is 3. The Labute approximate surface area is 130 Å². The van der Waals surface area contributed by atoms with Crippen molar-refractivity contribution >= 4 is 43.2 Å². The molecule has 2 aromatic carbocycles. The summed E-state index contributed by atoms with van der Waals surface area (Å²) >= 11 is 1.78. The zero-order chi connectivity index (χ0) is 14.5. The molecule has 4 heteroatoms. The van der Waals surface area contributed by atoms with Crippen LogP contribution in [0.2, 0.25) is 0 Å². The fourth-order valence-electron chi connectivity index (χ4n) is 3.05. The second-order valence-electron chi connectivity index (χ2n) is 5.23. The summed E-state index contributed by atoms with van der Waals surface area (Å²) in [6.45, 7) is 0. The third-order valence-electron chi connectivity index (χ3n) is 4.00. The van der Waals surface area contributed by atoms with Crippen LogP contribution in [0.1, 0.15) is 0 Å². The lowest BCUT2D eigenvalue weighted by molar-refractivity contribution is 0.989. The first-order valence-corrected chi connectivity index (χ1v) is 7.97. The predicted molar refractivity (Wildman–Crippen MR) is 91.8 cm³/mol. The van der Waals surface area contributed by atoms with Crippen LogP contribution in [0.4, 0.5) is 0 Å². The SMILES string of the molecule is c1cnc(-n2c3ccccc3c3cc4sccc4cc32)nc1. The molecule has 0 N–H and O–H groups in total. The van der Waals surface area contributed by atoms with Gasteiger partial charge >= 0.3 is 0 Å². The smallest absolute Gasteiger partial charge is 0.234 e. The van der Waals surface area contributed by atoms with Crippen LogP contribution in [0.3, 0.4) is 0 Å². The van der Waals surface area contributed by atoms with E-state index in [1.807, 2.05) is 6.07 Å². The Morgan fingerprint density at radius 1 is 0.818 bits per heavy atom. The molecule has 0 aliphatic rings. The lowest BCUT2D eigenvalue weighted by Gasteiger charge is -2.04. The Bertz CT molecular complexity index is 1120. The number of hydrogen-bond acceptors (Lipinski definition) is 3. The van der Waals surface area contributed by atoms with E-state index in [2.05, 4.69) is 62.4 Å². The van der Waals surface area contributed by atoms with Gasteiger partial charge in [-0.15, -0.1) is 11.3 Å². The summed E-state index contributed by atoms with van der Waals surface area (Å²) in [5, 5.41) is 5.88. The summed E-state index contributed by atoms with van der Waals surface area (Å²) in [6, 6.07) is 16.9. The molecule has 0 fully saturated rings. The molecular formula is C18H11N3S. The maximum atomic E-state index is 4.44. The van der Waals surface area contributed by atoms with E-state index in [9.17, 15) is 0 Å². The van der Waals surface area contributed by atoms with Crippen LogP contribution >= 0.6 is 11.3 Å². The number of aromatic nitrogens is 3. The van der Waals surface area contributed by atoms with Crippen molar-refractivity contribution in [1.82, 2.24) is 14.5 Å². The Morgan fingerprint density at radius 3 is 2.59 bits per heavy atom. The number of para-hydroxylation sites is 1. The molecule has 0 bridgehead atoms. The molecule has 0 saturated heterocycles. The first-order chi connectivity index (χ1) is 10.9. The van der Waals surface area contributed by atoms with Gasteiger partial charge in [0.2, 0.25) is 5.95 Å². The van der Waals surface area contributed by atoms with Gasteiger partial charge in [-0.3, -0.25) is 4.57 Å². The third kappa shape index (κ3) is 1.55. The highest BCUT2D eigenvalue weighted by atomic mass is 32.1. The van der Waals surface area contributed by atoms with Gasteiger partial charge in [-0.05, 0) is 41.1 Å². The average Bonchev–Trinajstić information content (AvgIpc) is 3.15. The summed E-state index contributed by atoms with van der Waals surface area (Å²) in [5.74, 6) is 0.711. The largest absolute Gasteiger partial charge is 0.278 e. The summed E-state index contributed by atoms with van der Waals surface area (Å²) in [4.78, 5) is 8.89. The lowest BCUT2D eigenvalue weighted by atomic mass is 10.1. The van der Waals surface area contributed by atoms with Gasteiger partial charge in [0.25, 0.3) is 0 Å². The van der Waals surface area contributed by atoms with Crippen LogP contribution in [-0.2, 0) is 0 Å². The van der Waals surface area contributed by atoms with Crippen LogP contribution in [0.25, 0.3) is 37.8 Å². The highest BCUT2D eigenvalue weighted by Crippen LogP contribution is 2.35. The monoisotopic (exact) mass is 301 g/mol. The van der Waals surface area contributed by atoms with Crippen molar-refractivity contribution in [2.75, 3.05) is 0 Å². The van der Waals surface area contributed by atoms with Gasteiger partial charge in [-0.25, -0.2) is 9.97 Å². The van der Waals surface area contributed by atoms with Crippen molar-refractivity contribution in [2.45, 2.75) is 0 Å². The molecule has 104 valence electrons. The van der Waals surface area contributed by atoms with E-state index in [1.54, 1.807) is 23.7 Å². The first-order valence-electron chi connectivity index (χ1n) is 7.09. The van der Waals surface area contributed by atoms with E-state index in [4.69, 9.17) is 0 Å². The van der Waals surface area contributed by atoms with Crippen LogP contribution in [-0.4, -0.2) is 14.5 Å². The predicted octanol–water partition coefficient (Wildman–Crippen LogP) is 4.79. The van der Waals surface area contributed by atoms with Gasteiger partial charge in [0, 0.05) is 27.9 Å². The van der Waals surface area contributed by atoms with Crippen molar-refractivity contribution in [1.29, 1.82) is 0 Å². The molecule has 0 radical (unpaired) electrons. The zero-order valence-electron chi connectivity index (χ0n) is 11.6. The fourth-order valence-corrected chi connectivity index (χ4v) is 3.86. The molecule has 3 nitrogen and oxygen atoms in total. The van der Waals surface area contributed by atoms with Gasteiger partial charge in [-0.1, -0.05) is 18.2 Å². The first kappa shape index (κ1) is 11.9. The molecule has 22 heavy (non-hydrogen) atoms. The molecule has 3 aromatic heterocycles. The third-order valence-corrected chi connectivity index (χ3v) is 4.88. The van der Waals surface area contributed by atoms with E-state index in [-0.39, 0.29) is 0 Å². The van der Waals surface area contributed by atoms with Crippen LogP contribution in [0.15, 0.2) is 66.3 Å². The quantitative estimate of drug-likeness (QED) is 0.446. The summed E-state index contributed by atoms with van der Waals surface area (Å²) in [5.41, 5.74) is 2.29. The summed E-state index contributed by atoms with van der Waals surface area (Å²) < 4.78 is 3.45. The normalized spacial score (nSPS) is 11.6. The van der Waals surface area contributed by atoms with E-state index in [1.165, 1.54) is 20.9 Å². The topological polar surface area (TPSA) is 30.7 Å². The lowest BCUT2D eigenvalue weighted by Crippen LogP contribution is -1.99. The molecule has 0 aliphatic heterocycles. The van der Waals surface area contributed by atoms with Crippen molar-refractivity contribution in [3.05, 3.63) is 66.3 Å². The number of rotatable bonds is 1. The summed E-state index contributed by atoms with van der Waals surface area (Å²) in [7, 11) is 0. The molecule has 0 atom stereocenters. The van der Waals surface area contributed by atoms with Gasteiger partial charge in [0.05, 0.1) is 11.0 Å². The van der Waals surface area contributed by atoms with E-state index < -0.39 is 0 Å². The van der Waals surface area contributed by atoms with Crippen molar-refractivity contribution in [2.24, 2.45) is 0 Å². The minimum Gasteiger partial charge on any atom is -0.278 e. The van der Waals surface area contributed by atoms with Gasteiger partial charge in [0.15, 0.2) is 0 Å². The number of thiophene rings is 1. The molecule has 0 unspecified atom stereocenters. The van der Waals surface area contributed by atoms with Crippen LogP contribution in [0, 0.1) is 0 Å². The Hall–Kier alpha value is -2.72. The molecule has 0 saturated carbocycles. The summed E-state index contributed by atoms with van der Waals surface area (Å²) in [6.07, 6.45) is 3.57.